The summed E-state index contributed by atoms with van der Waals surface area (Å²) < 4.78 is 14.1. The highest BCUT2D eigenvalue weighted by Crippen LogP contribution is 3.07. The molecular formula is C25H30O2. The summed E-state index contributed by atoms with van der Waals surface area (Å²) in [7, 11) is 0. The monoisotopic (exact) mass is 362 g/mol. The molecule has 0 N–H and O–H groups in total. The molecule has 0 aromatic rings. The molecule has 1 spiro atoms. The molecule has 0 amide bonds. The molecule has 0 aromatic carbocycles. The minimum Gasteiger partial charge on any atom is -0.345 e. The molecule has 2 aliphatic heterocycles. The van der Waals surface area contributed by atoms with Crippen molar-refractivity contribution in [3.63, 3.8) is 0 Å². The molecule has 8 rings (SSSR count). The summed E-state index contributed by atoms with van der Waals surface area (Å²) in [6.07, 6.45) is 14.3. The molecule has 10 unspecified atom stereocenters. The van der Waals surface area contributed by atoms with Crippen molar-refractivity contribution in [1.29, 1.82) is 0 Å². The van der Waals surface area contributed by atoms with Crippen molar-refractivity contribution in [3.8, 4) is 0 Å². The predicted octanol–water partition coefficient (Wildman–Crippen LogP) is 4.90. The van der Waals surface area contributed by atoms with Crippen molar-refractivity contribution in [2.45, 2.75) is 43.5 Å². The number of hydrogen-bond donors (Lipinski definition) is 0. The van der Waals surface area contributed by atoms with Gasteiger partial charge in [0.25, 0.3) is 0 Å². The lowest BCUT2D eigenvalue weighted by Crippen LogP contribution is -2.70. The van der Waals surface area contributed by atoms with Gasteiger partial charge in [-0.15, -0.1) is 26.3 Å². The normalized spacial score (nSPS) is 62.4. The van der Waals surface area contributed by atoms with Crippen molar-refractivity contribution < 1.29 is 9.47 Å². The zero-order valence-corrected chi connectivity index (χ0v) is 16.2. The molecule has 2 heterocycles. The lowest BCUT2D eigenvalue weighted by molar-refractivity contribution is -0.286. The molecule has 2 heteroatoms. The van der Waals surface area contributed by atoms with Crippen LogP contribution < -0.4 is 0 Å². The Hall–Kier alpha value is -1.12. The molecule has 0 aromatic heterocycles. The van der Waals surface area contributed by atoms with E-state index in [2.05, 4.69) is 44.5 Å². The fourth-order valence-corrected chi connectivity index (χ4v) is 11.4. The van der Waals surface area contributed by atoms with Crippen LogP contribution in [0.3, 0.4) is 0 Å². The van der Waals surface area contributed by atoms with E-state index in [9.17, 15) is 0 Å². The van der Waals surface area contributed by atoms with Gasteiger partial charge in [0.1, 0.15) is 0 Å². The number of rotatable bonds is 9. The third-order valence-electron chi connectivity index (χ3n) is 10.9. The zero-order chi connectivity index (χ0) is 18.4. The summed E-state index contributed by atoms with van der Waals surface area (Å²) >= 11 is 0. The molecule has 2 nitrogen and oxygen atoms in total. The summed E-state index contributed by atoms with van der Waals surface area (Å²) in [6, 6.07) is 0. The Labute approximate surface area is 162 Å². The van der Waals surface area contributed by atoms with E-state index >= 15 is 0 Å². The number of hydrogen-bond acceptors (Lipinski definition) is 2. The Kier molecular flexibility index (Phi) is 2.39. The first-order chi connectivity index (χ1) is 13.1. The number of ether oxygens (including phenoxy) is 2. The molecular weight excluding hydrogens is 332 g/mol. The summed E-state index contributed by atoms with van der Waals surface area (Å²) in [5.41, 5.74) is 0.776. The largest absolute Gasteiger partial charge is 0.345 e. The maximum absolute atomic E-state index is 7.28. The van der Waals surface area contributed by atoms with E-state index in [0.717, 1.165) is 42.9 Å². The SMILES string of the molecule is C=CCOC12OC3(CC=C)C4C5C6C(C(C41)C51CC1)C2(CC=C)C63CC=C. The highest BCUT2D eigenvalue weighted by atomic mass is 16.7. The lowest BCUT2D eigenvalue weighted by atomic mass is 9.35. The van der Waals surface area contributed by atoms with Crippen LogP contribution >= 0.6 is 0 Å². The first kappa shape index (κ1) is 15.8. The fourth-order valence-electron chi connectivity index (χ4n) is 11.4. The average Bonchev–Trinajstić information content (AvgIpc) is 3.15. The molecule has 4 bridgehead atoms. The fraction of sp³-hybridized carbons (Fsp3) is 0.680. The van der Waals surface area contributed by atoms with Gasteiger partial charge in [-0.1, -0.05) is 24.3 Å². The van der Waals surface area contributed by atoms with Crippen LogP contribution in [0.2, 0.25) is 0 Å². The summed E-state index contributed by atoms with van der Waals surface area (Å²) in [5.74, 6) is 4.05. The molecule has 10 atom stereocenters. The van der Waals surface area contributed by atoms with E-state index in [1.165, 1.54) is 12.8 Å². The van der Waals surface area contributed by atoms with Gasteiger partial charge >= 0.3 is 0 Å². The highest BCUT2D eigenvalue weighted by molar-refractivity contribution is 5.55. The summed E-state index contributed by atoms with van der Waals surface area (Å²) in [4.78, 5) is 0. The summed E-state index contributed by atoms with van der Waals surface area (Å²) in [5, 5.41) is 0. The van der Waals surface area contributed by atoms with E-state index in [0.29, 0.717) is 23.9 Å². The van der Waals surface area contributed by atoms with Crippen LogP contribution in [0.1, 0.15) is 32.1 Å². The third kappa shape index (κ3) is 1.00. The van der Waals surface area contributed by atoms with E-state index in [1.807, 2.05) is 6.08 Å². The average molecular weight is 363 g/mol. The third-order valence-corrected chi connectivity index (χ3v) is 10.9. The van der Waals surface area contributed by atoms with E-state index in [-0.39, 0.29) is 16.4 Å². The Morgan fingerprint density at radius 3 is 2.00 bits per heavy atom. The van der Waals surface area contributed by atoms with Gasteiger partial charge in [0.05, 0.1) is 12.2 Å². The van der Waals surface area contributed by atoms with Crippen LogP contribution in [-0.2, 0) is 9.47 Å². The van der Waals surface area contributed by atoms with Gasteiger partial charge in [0.15, 0.2) is 5.79 Å². The Balaban J connectivity index is 1.55. The first-order valence-electron chi connectivity index (χ1n) is 10.9. The van der Waals surface area contributed by atoms with Gasteiger partial charge in [-0.25, -0.2) is 0 Å². The topological polar surface area (TPSA) is 18.5 Å². The van der Waals surface area contributed by atoms with E-state index in [4.69, 9.17) is 9.47 Å². The van der Waals surface area contributed by atoms with Gasteiger partial charge in [-0.2, -0.15) is 0 Å². The van der Waals surface area contributed by atoms with Gasteiger partial charge in [0.2, 0.25) is 0 Å². The van der Waals surface area contributed by atoms with Crippen LogP contribution in [-0.4, -0.2) is 18.0 Å². The second kappa shape index (κ2) is 4.09. The van der Waals surface area contributed by atoms with Crippen LogP contribution in [0.4, 0.5) is 0 Å². The molecule has 142 valence electrons. The van der Waals surface area contributed by atoms with Gasteiger partial charge in [0, 0.05) is 22.7 Å². The Bertz CT molecular complexity index is 824. The van der Waals surface area contributed by atoms with Crippen molar-refractivity contribution in [2.24, 2.45) is 51.8 Å². The van der Waals surface area contributed by atoms with Gasteiger partial charge < -0.3 is 9.47 Å². The smallest absolute Gasteiger partial charge is 0.179 e. The Morgan fingerprint density at radius 2 is 1.37 bits per heavy atom. The molecule has 0 radical (unpaired) electrons. The van der Waals surface area contributed by atoms with E-state index in [1.54, 1.807) is 0 Å². The second-order valence-corrected chi connectivity index (χ2v) is 10.6. The van der Waals surface area contributed by atoms with Crippen molar-refractivity contribution in [1.82, 2.24) is 0 Å². The quantitative estimate of drug-likeness (QED) is 0.543. The molecule has 6 saturated carbocycles. The van der Waals surface area contributed by atoms with Crippen molar-refractivity contribution in [2.75, 3.05) is 6.61 Å². The molecule has 8 aliphatic rings. The maximum atomic E-state index is 7.28. The van der Waals surface area contributed by atoms with Crippen molar-refractivity contribution in [3.05, 3.63) is 50.6 Å². The van der Waals surface area contributed by atoms with Crippen LogP contribution in [0.15, 0.2) is 50.6 Å². The van der Waals surface area contributed by atoms with Crippen LogP contribution in [0.25, 0.3) is 0 Å². The maximum Gasteiger partial charge on any atom is 0.179 e. The predicted molar refractivity (Wildman–Crippen MR) is 105 cm³/mol. The highest BCUT2D eigenvalue weighted by Gasteiger charge is 3.10. The van der Waals surface area contributed by atoms with Gasteiger partial charge in [-0.3, -0.25) is 0 Å². The molecule has 6 aliphatic carbocycles. The lowest BCUT2D eigenvalue weighted by Gasteiger charge is -2.67. The molecule has 27 heavy (non-hydrogen) atoms. The first-order valence-corrected chi connectivity index (χ1v) is 10.9. The van der Waals surface area contributed by atoms with E-state index < -0.39 is 5.79 Å². The van der Waals surface area contributed by atoms with Crippen molar-refractivity contribution >= 4 is 0 Å². The summed E-state index contributed by atoms with van der Waals surface area (Å²) in [6.45, 7) is 17.1. The molecule has 2 saturated heterocycles. The number of allylic oxidation sites excluding steroid dienone is 2. The van der Waals surface area contributed by atoms with Gasteiger partial charge in [-0.05, 0) is 61.2 Å². The zero-order valence-electron chi connectivity index (χ0n) is 16.2. The van der Waals surface area contributed by atoms with Crippen LogP contribution in [0, 0.1) is 51.8 Å². The Morgan fingerprint density at radius 1 is 0.741 bits per heavy atom. The second-order valence-electron chi connectivity index (χ2n) is 10.6. The molecule has 8 fully saturated rings. The standard InChI is InChI=1S/C25H30O2/c1-5-9-22-17-15-19-20-16(21(15)12-13-21)18(17)23(22,10-6-2)25(20,26-14-8-4)27-24(19,22)11-7-3/h5-8,15-20H,1-4,9-14H2. The minimum absolute atomic E-state index is 0.0826. The van der Waals surface area contributed by atoms with Crippen LogP contribution in [0.5, 0.6) is 0 Å². The minimum atomic E-state index is -0.432.